The van der Waals surface area contributed by atoms with Crippen molar-refractivity contribution in [1.82, 2.24) is 5.32 Å². The van der Waals surface area contributed by atoms with Gasteiger partial charge in [-0.1, -0.05) is 36.8 Å². The Morgan fingerprint density at radius 1 is 1.08 bits per heavy atom. The summed E-state index contributed by atoms with van der Waals surface area (Å²) in [5, 5.41) is 3.07. The van der Waals surface area contributed by atoms with Crippen molar-refractivity contribution in [2.45, 2.75) is 84.9 Å². The van der Waals surface area contributed by atoms with E-state index >= 15 is 0 Å². The van der Waals surface area contributed by atoms with Crippen molar-refractivity contribution in [3.8, 4) is 0 Å². The summed E-state index contributed by atoms with van der Waals surface area (Å²) >= 11 is 0. The molecule has 1 N–H and O–H groups in total. The molecule has 36 heavy (non-hydrogen) atoms. The van der Waals surface area contributed by atoms with E-state index in [4.69, 9.17) is 4.74 Å². The second-order valence-electron chi connectivity index (χ2n) is 10.4. The van der Waals surface area contributed by atoms with Gasteiger partial charge in [-0.3, -0.25) is 9.59 Å². The SMILES string of the molecule is CCCOCc1ccc2c(c1)N(C1CCC(C(=O)NC(C)C)CC1)C(=NC(=O)c1ccc(C)cc1)C2. The molecule has 6 nitrogen and oxygen atoms in total. The molecule has 0 aromatic heterocycles. The van der Waals surface area contributed by atoms with Gasteiger partial charge < -0.3 is 15.0 Å². The lowest BCUT2D eigenvalue weighted by Gasteiger charge is -2.36. The zero-order valence-corrected chi connectivity index (χ0v) is 22.0. The van der Waals surface area contributed by atoms with Gasteiger partial charge in [0, 0.05) is 42.3 Å². The van der Waals surface area contributed by atoms with E-state index in [1.807, 2.05) is 45.0 Å². The lowest BCUT2D eigenvalue weighted by Crippen LogP contribution is -2.44. The molecule has 1 aliphatic heterocycles. The number of amides is 2. The minimum atomic E-state index is -0.209. The van der Waals surface area contributed by atoms with E-state index < -0.39 is 0 Å². The maximum Gasteiger partial charge on any atom is 0.278 e. The third-order valence-electron chi connectivity index (χ3n) is 7.05. The Kier molecular flexibility index (Phi) is 8.57. The van der Waals surface area contributed by atoms with E-state index in [2.05, 4.69) is 40.3 Å². The molecule has 1 saturated carbocycles. The third kappa shape index (κ3) is 6.22. The fraction of sp³-hybridized carbons (Fsp3) is 0.500. The van der Waals surface area contributed by atoms with Crippen LogP contribution in [0.2, 0.25) is 0 Å². The van der Waals surface area contributed by atoms with E-state index in [9.17, 15) is 9.59 Å². The first kappa shape index (κ1) is 26.1. The van der Waals surface area contributed by atoms with Gasteiger partial charge in [-0.25, -0.2) is 0 Å². The maximum atomic E-state index is 13.1. The van der Waals surface area contributed by atoms with Crippen LogP contribution >= 0.6 is 0 Å². The molecule has 2 aliphatic rings. The molecule has 1 heterocycles. The second kappa shape index (κ2) is 11.8. The number of benzene rings is 2. The van der Waals surface area contributed by atoms with Crippen LogP contribution < -0.4 is 10.2 Å². The number of rotatable bonds is 8. The Labute approximate surface area is 215 Å². The molecule has 0 saturated heterocycles. The number of hydrogen-bond acceptors (Lipinski definition) is 3. The smallest absolute Gasteiger partial charge is 0.278 e. The molecule has 1 aliphatic carbocycles. The summed E-state index contributed by atoms with van der Waals surface area (Å²) in [4.78, 5) is 32.6. The maximum absolute atomic E-state index is 13.1. The van der Waals surface area contributed by atoms with Gasteiger partial charge in [0.1, 0.15) is 5.84 Å². The largest absolute Gasteiger partial charge is 0.377 e. The van der Waals surface area contributed by atoms with E-state index in [1.165, 1.54) is 5.56 Å². The number of nitrogens with one attached hydrogen (secondary N) is 1. The predicted octanol–water partition coefficient (Wildman–Crippen LogP) is 5.61. The Morgan fingerprint density at radius 2 is 1.81 bits per heavy atom. The van der Waals surface area contributed by atoms with Crippen molar-refractivity contribution in [2.75, 3.05) is 11.5 Å². The van der Waals surface area contributed by atoms with Crippen molar-refractivity contribution < 1.29 is 14.3 Å². The average molecular weight is 490 g/mol. The summed E-state index contributed by atoms with van der Waals surface area (Å²) in [6, 6.07) is 14.4. The molecule has 0 spiro atoms. The van der Waals surface area contributed by atoms with Gasteiger partial charge in [-0.05, 0) is 82.2 Å². The van der Waals surface area contributed by atoms with Gasteiger partial charge in [0.2, 0.25) is 5.91 Å². The summed E-state index contributed by atoms with van der Waals surface area (Å²) in [5.41, 5.74) is 5.16. The number of aryl methyl sites for hydroxylation is 1. The summed E-state index contributed by atoms with van der Waals surface area (Å²) < 4.78 is 5.79. The molecule has 192 valence electrons. The number of anilines is 1. The normalized spacial score (nSPS) is 20.6. The van der Waals surface area contributed by atoms with Crippen LogP contribution in [0.25, 0.3) is 0 Å². The molecule has 0 atom stereocenters. The number of hydrogen-bond donors (Lipinski definition) is 1. The Morgan fingerprint density at radius 3 is 2.47 bits per heavy atom. The van der Waals surface area contributed by atoms with Gasteiger partial charge in [-0.2, -0.15) is 4.99 Å². The minimum absolute atomic E-state index is 0.0501. The second-order valence-corrected chi connectivity index (χ2v) is 10.4. The minimum Gasteiger partial charge on any atom is -0.377 e. The van der Waals surface area contributed by atoms with Crippen LogP contribution in [-0.2, 0) is 22.6 Å². The van der Waals surface area contributed by atoms with Crippen LogP contribution in [0.4, 0.5) is 5.69 Å². The first-order valence-corrected chi connectivity index (χ1v) is 13.3. The Hall–Kier alpha value is -2.99. The number of amidine groups is 1. The first-order chi connectivity index (χ1) is 17.4. The highest BCUT2D eigenvalue weighted by atomic mass is 16.5. The molecule has 2 aromatic carbocycles. The standard InChI is InChI=1S/C30H39N3O3/c1-5-16-36-19-22-8-11-25-18-28(32-30(35)23-9-6-21(4)7-10-23)33(27(25)17-22)26-14-12-24(13-15-26)29(34)31-20(2)3/h6-11,17,20,24,26H,5,12-16,18-19H2,1-4H3,(H,31,34). The lowest BCUT2D eigenvalue weighted by atomic mass is 9.84. The van der Waals surface area contributed by atoms with E-state index in [1.54, 1.807) is 0 Å². The summed E-state index contributed by atoms with van der Waals surface area (Å²) in [5.74, 6) is 0.801. The van der Waals surface area contributed by atoms with E-state index in [0.29, 0.717) is 18.6 Å². The molecular weight excluding hydrogens is 450 g/mol. The fourth-order valence-corrected chi connectivity index (χ4v) is 5.18. The number of aliphatic imine (C=N–C) groups is 1. The number of fused-ring (bicyclic) bond motifs is 1. The highest BCUT2D eigenvalue weighted by Gasteiger charge is 2.36. The van der Waals surface area contributed by atoms with Crippen molar-refractivity contribution in [2.24, 2.45) is 10.9 Å². The molecule has 1 fully saturated rings. The summed E-state index contributed by atoms with van der Waals surface area (Å²) in [6.07, 6.45) is 5.09. The molecule has 4 rings (SSSR count). The monoisotopic (exact) mass is 489 g/mol. The van der Waals surface area contributed by atoms with E-state index in [-0.39, 0.29) is 29.8 Å². The molecule has 0 radical (unpaired) electrons. The van der Waals surface area contributed by atoms with Crippen molar-refractivity contribution in [3.63, 3.8) is 0 Å². The van der Waals surface area contributed by atoms with Gasteiger partial charge >= 0.3 is 0 Å². The quantitative estimate of drug-likeness (QED) is 0.490. The lowest BCUT2D eigenvalue weighted by molar-refractivity contribution is -0.126. The van der Waals surface area contributed by atoms with Crippen LogP contribution in [0.15, 0.2) is 47.5 Å². The van der Waals surface area contributed by atoms with Gasteiger partial charge in [0.15, 0.2) is 0 Å². The van der Waals surface area contributed by atoms with Crippen molar-refractivity contribution in [3.05, 3.63) is 64.7 Å². The highest BCUT2D eigenvalue weighted by molar-refractivity contribution is 6.12. The van der Waals surface area contributed by atoms with Gasteiger partial charge in [0.05, 0.1) is 6.61 Å². The van der Waals surface area contributed by atoms with Crippen LogP contribution in [0.3, 0.4) is 0 Å². The number of nitrogens with zero attached hydrogens (tertiary/aromatic N) is 2. The van der Waals surface area contributed by atoms with Crippen LogP contribution in [0, 0.1) is 12.8 Å². The zero-order chi connectivity index (χ0) is 25.7. The van der Waals surface area contributed by atoms with Crippen LogP contribution in [-0.4, -0.2) is 36.3 Å². The molecule has 2 aromatic rings. The Bertz CT molecular complexity index is 1100. The van der Waals surface area contributed by atoms with E-state index in [0.717, 1.165) is 61.4 Å². The molecule has 0 unspecified atom stereocenters. The topological polar surface area (TPSA) is 71.0 Å². The van der Waals surface area contributed by atoms with Crippen molar-refractivity contribution in [1.29, 1.82) is 0 Å². The van der Waals surface area contributed by atoms with Crippen LogP contribution in [0.1, 0.15) is 79.9 Å². The number of carbonyl (C=O) groups excluding carboxylic acids is 2. The fourth-order valence-electron chi connectivity index (χ4n) is 5.18. The first-order valence-electron chi connectivity index (χ1n) is 13.3. The zero-order valence-electron chi connectivity index (χ0n) is 22.0. The summed E-state index contributed by atoms with van der Waals surface area (Å²) in [7, 11) is 0. The molecular formula is C30H39N3O3. The average Bonchev–Trinajstić information content (AvgIpc) is 3.21. The van der Waals surface area contributed by atoms with Gasteiger partial charge in [-0.15, -0.1) is 0 Å². The Balaban J connectivity index is 1.58. The number of carbonyl (C=O) groups is 2. The third-order valence-corrected chi connectivity index (χ3v) is 7.05. The number of ether oxygens (including phenoxy) is 1. The predicted molar refractivity (Wildman–Crippen MR) is 145 cm³/mol. The molecule has 0 bridgehead atoms. The van der Waals surface area contributed by atoms with Gasteiger partial charge in [0.25, 0.3) is 5.91 Å². The highest BCUT2D eigenvalue weighted by Crippen LogP contribution is 2.38. The van der Waals surface area contributed by atoms with Crippen LogP contribution in [0.5, 0.6) is 0 Å². The molecule has 2 amide bonds. The molecule has 6 heteroatoms. The van der Waals surface area contributed by atoms with Crippen molar-refractivity contribution >= 4 is 23.3 Å². The summed E-state index contributed by atoms with van der Waals surface area (Å²) in [6.45, 7) is 9.43.